The predicted molar refractivity (Wildman–Crippen MR) is 99.9 cm³/mol. The van der Waals surface area contributed by atoms with Crippen LogP contribution in [0.5, 0.6) is 0 Å². The van der Waals surface area contributed by atoms with Crippen LogP contribution < -0.4 is 5.32 Å². The molecule has 130 valence electrons. The van der Waals surface area contributed by atoms with E-state index in [1.165, 1.54) is 5.56 Å². The monoisotopic (exact) mass is 346 g/mol. The van der Waals surface area contributed by atoms with Gasteiger partial charge in [0.1, 0.15) is 6.04 Å². The molecule has 24 heavy (non-hydrogen) atoms. The molecule has 0 saturated carbocycles. The Balaban J connectivity index is 1.44. The van der Waals surface area contributed by atoms with Crippen molar-refractivity contribution in [3.8, 4) is 0 Å². The molecule has 1 aromatic rings. The van der Waals surface area contributed by atoms with Gasteiger partial charge in [-0.25, -0.2) is 0 Å². The third-order valence-electron chi connectivity index (χ3n) is 4.67. The Morgan fingerprint density at radius 1 is 1.38 bits per heavy atom. The van der Waals surface area contributed by atoms with E-state index in [0.29, 0.717) is 6.61 Å². The van der Waals surface area contributed by atoms with Gasteiger partial charge in [-0.2, -0.15) is 0 Å². The van der Waals surface area contributed by atoms with E-state index in [2.05, 4.69) is 46.6 Å². The quantitative estimate of drug-likeness (QED) is 0.831. The van der Waals surface area contributed by atoms with Crippen molar-refractivity contribution in [1.82, 2.24) is 10.2 Å². The zero-order valence-electron chi connectivity index (χ0n) is 14.2. The number of thioether (sulfide) groups is 1. The molecule has 0 aliphatic carbocycles. The van der Waals surface area contributed by atoms with Gasteiger partial charge < -0.3 is 4.74 Å². The zero-order valence-corrected chi connectivity index (χ0v) is 15.1. The Morgan fingerprint density at radius 2 is 2.12 bits per heavy atom. The van der Waals surface area contributed by atoms with Crippen molar-refractivity contribution in [3.05, 3.63) is 42.0 Å². The Bertz CT molecular complexity index is 568. The third kappa shape index (κ3) is 4.41. The second kappa shape index (κ2) is 8.19. The number of nitrogens with zero attached hydrogens (tertiary/aromatic N) is 1. The number of benzene rings is 1. The first-order chi connectivity index (χ1) is 11.7. The Morgan fingerprint density at radius 3 is 2.83 bits per heavy atom. The second-order valence-corrected chi connectivity index (χ2v) is 7.77. The van der Waals surface area contributed by atoms with E-state index in [1.54, 1.807) is 0 Å². The third-order valence-corrected chi connectivity index (χ3v) is 6.25. The molecule has 2 fully saturated rings. The number of likely N-dealkylation sites (tertiary alicyclic amines) is 1. The minimum absolute atomic E-state index is 0.0665. The minimum Gasteiger partial charge on any atom is -0.465 e. The summed E-state index contributed by atoms with van der Waals surface area (Å²) in [5.74, 6) is 0.724. The highest BCUT2D eigenvalue weighted by molar-refractivity contribution is 8.01. The lowest BCUT2D eigenvalue weighted by Gasteiger charge is -2.38. The number of rotatable bonds is 5. The Labute approximate surface area is 148 Å². The summed E-state index contributed by atoms with van der Waals surface area (Å²) in [6.45, 7) is 5.42. The maximum Gasteiger partial charge on any atom is 0.324 e. The van der Waals surface area contributed by atoms with Crippen molar-refractivity contribution in [2.24, 2.45) is 0 Å². The van der Waals surface area contributed by atoms with Gasteiger partial charge in [0.15, 0.2) is 0 Å². The average molecular weight is 346 g/mol. The number of piperidine rings is 1. The maximum atomic E-state index is 11.9. The van der Waals surface area contributed by atoms with E-state index < -0.39 is 0 Å². The number of hydrogen-bond donors (Lipinski definition) is 1. The van der Waals surface area contributed by atoms with Crippen LogP contribution in [0.3, 0.4) is 0 Å². The number of ether oxygens (including phenoxy) is 1. The fourth-order valence-electron chi connectivity index (χ4n) is 3.30. The van der Waals surface area contributed by atoms with Crippen LogP contribution in [0, 0.1) is 0 Å². The highest BCUT2D eigenvalue weighted by Gasteiger charge is 2.44. The molecule has 0 aromatic heterocycles. The number of esters is 1. The van der Waals surface area contributed by atoms with Gasteiger partial charge in [0, 0.05) is 25.4 Å². The van der Waals surface area contributed by atoms with Crippen LogP contribution in [0.2, 0.25) is 0 Å². The fourth-order valence-corrected chi connectivity index (χ4v) is 4.70. The molecule has 1 N–H and O–H groups in total. The molecular formula is C19H26N2O2S. The summed E-state index contributed by atoms with van der Waals surface area (Å²) < 4.78 is 5.14. The van der Waals surface area contributed by atoms with Crippen LogP contribution in [-0.4, -0.2) is 53.8 Å². The molecular weight excluding hydrogens is 320 g/mol. The summed E-state index contributed by atoms with van der Waals surface area (Å²) >= 11 is 1.89. The molecule has 5 heteroatoms. The molecule has 3 rings (SSSR count). The molecule has 4 nitrogen and oxygen atoms in total. The molecule has 1 atom stereocenters. The highest BCUT2D eigenvalue weighted by atomic mass is 32.2. The first-order valence-electron chi connectivity index (χ1n) is 8.73. The van der Waals surface area contributed by atoms with Gasteiger partial charge in [0.25, 0.3) is 0 Å². The van der Waals surface area contributed by atoms with Crippen molar-refractivity contribution in [3.63, 3.8) is 0 Å². The first-order valence-corrected chi connectivity index (χ1v) is 9.71. The molecule has 0 bridgehead atoms. The van der Waals surface area contributed by atoms with E-state index in [4.69, 9.17) is 4.74 Å². The van der Waals surface area contributed by atoms with E-state index in [0.717, 1.165) is 38.2 Å². The van der Waals surface area contributed by atoms with Gasteiger partial charge >= 0.3 is 5.97 Å². The fraction of sp³-hybridized carbons (Fsp3) is 0.526. The predicted octanol–water partition coefficient (Wildman–Crippen LogP) is 2.76. The second-order valence-electron chi connectivity index (χ2n) is 6.37. The van der Waals surface area contributed by atoms with Crippen molar-refractivity contribution in [2.75, 3.05) is 32.0 Å². The van der Waals surface area contributed by atoms with Crippen LogP contribution in [0.4, 0.5) is 0 Å². The summed E-state index contributed by atoms with van der Waals surface area (Å²) in [4.78, 5) is 14.4. The minimum atomic E-state index is -0.139. The lowest BCUT2D eigenvalue weighted by Crippen LogP contribution is -2.52. The van der Waals surface area contributed by atoms with Crippen molar-refractivity contribution in [2.45, 2.75) is 30.7 Å². The summed E-state index contributed by atoms with van der Waals surface area (Å²) in [7, 11) is 0. The molecule has 0 amide bonds. The van der Waals surface area contributed by atoms with Crippen LogP contribution in [0.25, 0.3) is 6.08 Å². The molecule has 1 spiro atoms. The summed E-state index contributed by atoms with van der Waals surface area (Å²) in [6.07, 6.45) is 6.58. The highest BCUT2D eigenvalue weighted by Crippen LogP contribution is 2.39. The van der Waals surface area contributed by atoms with Gasteiger partial charge in [0.2, 0.25) is 0 Å². The topological polar surface area (TPSA) is 41.6 Å². The van der Waals surface area contributed by atoms with E-state index >= 15 is 0 Å². The molecule has 2 heterocycles. The molecule has 0 radical (unpaired) electrons. The van der Waals surface area contributed by atoms with Gasteiger partial charge in [-0.05, 0) is 25.3 Å². The summed E-state index contributed by atoms with van der Waals surface area (Å²) in [5.41, 5.74) is 1.25. The van der Waals surface area contributed by atoms with E-state index in [9.17, 15) is 4.79 Å². The molecule has 2 aliphatic heterocycles. The van der Waals surface area contributed by atoms with E-state index in [1.807, 2.05) is 24.8 Å². The average Bonchev–Trinajstić information content (AvgIpc) is 3.02. The van der Waals surface area contributed by atoms with Crippen LogP contribution in [0.1, 0.15) is 25.3 Å². The number of hydrogen-bond acceptors (Lipinski definition) is 5. The van der Waals surface area contributed by atoms with E-state index in [-0.39, 0.29) is 16.9 Å². The summed E-state index contributed by atoms with van der Waals surface area (Å²) in [6, 6.07) is 10.3. The Hall–Kier alpha value is -1.30. The lowest BCUT2D eigenvalue weighted by molar-refractivity contribution is -0.145. The SMILES string of the molecule is CCOC(=O)C1CSC2(CCN(C/C=C/c3ccccc3)CC2)N1. The summed E-state index contributed by atoms with van der Waals surface area (Å²) in [5, 5.41) is 3.54. The number of nitrogens with one attached hydrogen (secondary N) is 1. The lowest BCUT2D eigenvalue weighted by atomic mass is 10.0. The maximum absolute atomic E-state index is 11.9. The normalized spacial score (nSPS) is 23.8. The van der Waals surface area contributed by atoms with Crippen molar-refractivity contribution in [1.29, 1.82) is 0 Å². The largest absolute Gasteiger partial charge is 0.465 e. The van der Waals surface area contributed by atoms with Crippen LogP contribution in [0.15, 0.2) is 36.4 Å². The molecule has 2 saturated heterocycles. The molecule has 1 aromatic carbocycles. The van der Waals surface area contributed by atoms with Crippen molar-refractivity contribution >= 4 is 23.8 Å². The van der Waals surface area contributed by atoms with Gasteiger partial charge in [-0.15, -0.1) is 11.8 Å². The van der Waals surface area contributed by atoms with Crippen LogP contribution >= 0.6 is 11.8 Å². The number of carbonyl (C=O) groups excluding carboxylic acids is 1. The van der Waals surface area contributed by atoms with Gasteiger partial charge in [-0.3, -0.25) is 15.0 Å². The van der Waals surface area contributed by atoms with Crippen LogP contribution in [-0.2, 0) is 9.53 Å². The number of carbonyl (C=O) groups is 1. The zero-order chi connectivity index (χ0) is 16.8. The molecule has 1 unspecified atom stereocenters. The molecule has 2 aliphatic rings. The van der Waals surface area contributed by atoms with Gasteiger partial charge in [0.05, 0.1) is 11.5 Å². The first kappa shape index (κ1) is 17.5. The van der Waals surface area contributed by atoms with Crippen molar-refractivity contribution < 1.29 is 9.53 Å². The van der Waals surface area contributed by atoms with Gasteiger partial charge in [-0.1, -0.05) is 42.5 Å². The smallest absolute Gasteiger partial charge is 0.324 e. The Kier molecular flexibility index (Phi) is 5.98. The standard InChI is InChI=1S/C19H26N2O2S/c1-2-23-18(22)17-15-24-19(20-17)10-13-21(14-11-19)12-6-9-16-7-4-3-5-8-16/h3-9,17,20H,2,10-15H2,1H3/b9-6+.